The largest absolute Gasteiger partial charge is 0.465 e. The topological polar surface area (TPSA) is 77.1 Å². The molecule has 2 heterocycles. The first-order valence-corrected chi connectivity index (χ1v) is 11.6. The fourth-order valence-corrected chi connectivity index (χ4v) is 4.70. The van der Waals surface area contributed by atoms with E-state index in [9.17, 15) is 18.4 Å². The lowest BCUT2D eigenvalue weighted by atomic mass is 9.62. The molecule has 1 amide bonds. The van der Waals surface area contributed by atoms with E-state index in [1.807, 2.05) is 0 Å². The first kappa shape index (κ1) is 24.4. The minimum atomic E-state index is -2.70. The van der Waals surface area contributed by atoms with E-state index in [1.165, 1.54) is 12.0 Å². The predicted molar refractivity (Wildman–Crippen MR) is 123 cm³/mol. The van der Waals surface area contributed by atoms with E-state index in [4.69, 9.17) is 14.2 Å². The molecule has 0 bridgehead atoms. The van der Waals surface area contributed by atoms with Gasteiger partial charge in [-0.15, -0.1) is 0 Å². The molecule has 0 radical (unpaired) electrons. The first-order chi connectivity index (χ1) is 15.9. The smallest absolute Gasteiger partial charge is 0.414 e. The molecule has 1 saturated heterocycles. The van der Waals surface area contributed by atoms with Crippen LogP contribution in [-0.2, 0) is 14.2 Å². The van der Waals surface area contributed by atoms with Gasteiger partial charge in [0.05, 0.1) is 31.6 Å². The summed E-state index contributed by atoms with van der Waals surface area (Å²) in [5.41, 5.74) is 0.757. The van der Waals surface area contributed by atoms with Gasteiger partial charge in [-0.2, -0.15) is 0 Å². The number of carbonyl (C=O) groups excluding carboxylic acids is 2. The molecule has 1 N–H and O–H groups in total. The zero-order valence-electron chi connectivity index (χ0n) is 20.1. The number of nitrogens with one attached hydrogen (secondary N) is 1. The molecule has 0 atom stereocenters. The Bertz CT molecular complexity index is 990. The average molecular weight is 479 g/mol. The summed E-state index contributed by atoms with van der Waals surface area (Å²) in [5, 5.41) is 3.36. The Morgan fingerprint density at radius 2 is 1.94 bits per heavy atom. The zero-order chi connectivity index (χ0) is 24.7. The molecule has 0 unspecified atom stereocenters. The van der Waals surface area contributed by atoms with Crippen LogP contribution in [0.3, 0.4) is 0 Å². The number of hydrogen-bond acceptors (Lipinski definition) is 6. The molecule has 9 heteroatoms. The highest BCUT2D eigenvalue weighted by molar-refractivity contribution is 5.93. The molecule has 3 aliphatic rings. The summed E-state index contributed by atoms with van der Waals surface area (Å²) in [4.78, 5) is 26.8. The van der Waals surface area contributed by atoms with Crippen LogP contribution in [0.2, 0.25) is 0 Å². The van der Waals surface area contributed by atoms with Crippen LogP contribution in [-0.4, -0.2) is 61.9 Å². The molecule has 7 nitrogen and oxygen atoms in total. The summed E-state index contributed by atoms with van der Waals surface area (Å²) in [6.45, 7) is 7.51. The van der Waals surface area contributed by atoms with Crippen LogP contribution in [0.15, 0.2) is 24.3 Å². The number of anilines is 1. The number of alkyl halides is 2. The van der Waals surface area contributed by atoms with E-state index in [1.54, 1.807) is 45.0 Å². The third-order valence-corrected chi connectivity index (χ3v) is 6.41. The Morgan fingerprint density at radius 3 is 2.50 bits per heavy atom. The van der Waals surface area contributed by atoms with Crippen molar-refractivity contribution in [1.29, 1.82) is 0 Å². The fourth-order valence-electron chi connectivity index (χ4n) is 4.70. The monoisotopic (exact) mass is 478 g/mol. The summed E-state index contributed by atoms with van der Waals surface area (Å²) in [6.07, 6.45) is 1.22. The normalized spacial score (nSPS) is 21.2. The van der Waals surface area contributed by atoms with Crippen molar-refractivity contribution in [1.82, 2.24) is 4.90 Å². The van der Waals surface area contributed by atoms with Crippen molar-refractivity contribution in [3.8, 4) is 0 Å². The number of halogens is 2. The van der Waals surface area contributed by atoms with E-state index >= 15 is 0 Å². The quantitative estimate of drug-likeness (QED) is 0.605. The highest BCUT2D eigenvalue weighted by Crippen LogP contribution is 2.58. The maximum Gasteiger partial charge on any atom is 0.414 e. The highest BCUT2D eigenvalue weighted by Gasteiger charge is 2.57. The maximum absolute atomic E-state index is 13.9. The standard InChI is InChI=1S/C25H32F2N2O5/c1-23(2,3)34-22(31)29-8-7-24(14-25(26,27)15-24)10-20(29)18-6-5-17(21(30)32-4)9-19(18)28-11-16-12-33-13-16/h5-6,9-10,16,28H,7-8,11-15H2,1-4H3. The number of esters is 1. The third kappa shape index (κ3) is 5.19. The van der Waals surface area contributed by atoms with Crippen molar-refractivity contribution in [2.45, 2.75) is 51.6 Å². The molecular weight excluding hydrogens is 446 g/mol. The number of amides is 1. The van der Waals surface area contributed by atoms with Crippen LogP contribution < -0.4 is 5.32 Å². The lowest BCUT2D eigenvalue weighted by molar-refractivity contribution is -0.146. The van der Waals surface area contributed by atoms with Gasteiger partial charge in [-0.3, -0.25) is 4.90 Å². The number of rotatable bonds is 5. The SMILES string of the molecule is COC(=O)c1ccc(C2=CC3(CCN2C(=O)OC(C)(C)C)CC(F)(F)C3)c(NCC2COC2)c1. The van der Waals surface area contributed by atoms with Crippen LogP contribution in [0.25, 0.3) is 5.70 Å². The zero-order valence-corrected chi connectivity index (χ0v) is 20.1. The second-order valence-electron chi connectivity index (χ2n) is 10.5. The summed E-state index contributed by atoms with van der Waals surface area (Å²) >= 11 is 0. The molecule has 1 aromatic carbocycles. The van der Waals surface area contributed by atoms with Crippen molar-refractivity contribution >= 4 is 23.4 Å². The molecule has 2 fully saturated rings. The number of nitrogens with zero attached hydrogens (tertiary/aromatic N) is 1. The Labute approximate surface area is 198 Å². The number of ether oxygens (including phenoxy) is 3. The van der Waals surface area contributed by atoms with Crippen LogP contribution in [0.4, 0.5) is 19.3 Å². The van der Waals surface area contributed by atoms with Crippen molar-refractivity contribution in [2.75, 3.05) is 38.7 Å². The van der Waals surface area contributed by atoms with E-state index in [0.717, 1.165) is 0 Å². The van der Waals surface area contributed by atoms with Gasteiger partial charge >= 0.3 is 12.1 Å². The van der Waals surface area contributed by atoms with E-state index < -0.39 is 29.0 Å². The molecule has 1 spiro atoms. The van der Waals surface area contributed by atoms with Gasteiger partial charge in [-0.05, 0) is 45.4 Å². The highest BCUT2D eigenvalue weighted by atomic mass is 19.3. The van der Waals surface area contributed by atoms with Gasteiger partial charge in [0.2, 0.25) is 5.92 Å². The lowest BCUT2D eigenvalue weighted by Gasteiger charge is -2.50. The van der Waals surface area contributed by atoms with Crippen LogP contribution >= 0.6 is 0 Å². The summed E-state index contributed by atoms with van der Waals surface area (Å²) in [7, 11) is 1.31. The minimum Gasteiger partial charge on any atom is -0.465 e. The van der Waals surface area contributed by atoms with Gasteiger partial charge in [0, 0.05) is 48.5 Å². The Balaban J connectivity index is 1.73. The van der Waals surface area contributed by atoms with Crippen LogP contribution in [0.5, 0.6) is 0 Å². The molecule has 0 aromatic heterocycles. The van der Waals surface area contributed by atoms with Crippen molar-refractivity contribution < 1.29 is 32.6 Å². The third-order valence-electron chi connectivity index (χ3n) is 6.41. The number of methoxy groups -OCH3 is 1. The molecule has 2 aliphatic heterocycles. The first-order valence-electron chi connectivity index (χ1n) is 11.6. The van der Waals surface area contributed by atoms with Crippen molar-refractivity contribution in [2.24, 2.45) is 11.3 Å². The fraction of sp³-hybridized carbons (Fsp3) is 0.600. The second kappa shape index (κ2) is 8.83. The Morgan fingerprint density at radius 1 is 1.24 bits per heavy atom. The minimum absolute atomic E-state index is 0.242. The van der Waals surface area contributed by atoms with Gasteiger partial charge < -0.3 is 19.5 Å². The maximum atomic E-state index is 13.9. The van der Waals surface area contributed by atoms with Gasteiger partial charge in [0.25, 0.3) is 0 Å². The predicted octanol–water partition coefficient (Wildman–Crippen LogP) is 4.93. The molecule has 186 valence electrons. The van der Waals surface area contributed by atoms with Gasteiger partial charge in [0.1, 0.15) is 5.60 Å². The van der Waals surface area contributed by atoms with Crippen LogP contribution in [0, 0.1) is 11.3 Å². The average Bonchev–Trinajstić information content (AvgIpc) is 2.69. The number of benzene rings is 1. The second-order valence-corrected chi connectivity index (χ2v) is 10.5. The van der Waals surface area contributed by atoms with E-state index in [0.29, 0.717) is 54.6 Å². The molecular formula is C25H32F2N2O5. The summed E-state index contributed by atoms with van der Waals surface area (Å²) in [6, 6.07) is 5.01. The number of carbonyl (C=O) groups is 2. The molecule has 4 rings (SSSR count). The molecule has 1 saturated carbocycles. The van der Waals surface area contributed by atoms with Gasteiger partial charge in [-0.1, -0.05) is 6.08 Å². The van der Waals surface area contributed by atoms with Crippen LogP contribution in [0.1, 0.15) is 56.0 Å². The Hall–Kier alpha value is -2.68. The number of hydrogen-bond donors (Lipinski definition) is 1. The Kier molecular flexibility index (Phi) is 6.35. The van der Waals surface area contributed by atoms with E-state index in [2.05, 4.69) is 5.32 Å². The van der Waals surface area contributed by atoms with Crippen molar-refractivity contribution in [3.05, 3.63) is 35.4 Å². The molecule has 1 aliphatic carbocycles. The van der Waals surface area contributed by atoms with Gasteiger partial charge in [0.15, 0.2) is 0 Å². The summed E-state index contributed by atoms with van der Waals surface area (Å²) in [5.74, 6) is -2.86. The summed E-state index contributed by atoms with van der Waals surface area (Å²) < 4.78 is 43.5. The molecule has 1 aromatic rings. The van der Waals surface area contributed by atoms with E-state index in [-0.39, 0.29) is 19.4 Å². The molecule has 34 heavy (non-hydrogen) atoms. The van der Waals surface area contributed by atoms with Gasteiger partial charge in [-0.25, -0.2) is 18.4 Å². The van der Waals surface area contributed by atoms with Crippen molar-refractivity contribution in [3.63, 3.8) is 0 Å². The lowest BCUT2D eigenvalue weighted by Crippen LogP contribution is -2.50. The number of allylic oxidation sites excluding steroid dienone is 1.